The zero-order valence-corrected chi connectivity index (χ0v) is 39.1. The number of carbonyl (C=O) groups is 2. The average Bonchev–Trinajstić information content (AvgIpc) is 3.23. The molecule has 0 aliphatic rings. The summed E-state index contributed by atoms with van der Waals surface area (Å²) in [5.74, 6) is -0.541. The van der Waals surface area contributed by atoms with E-state index in [9.17, 15) is 19.8 Å². The van der Waals surface area contributed by atoms with Crippen LogP contribution in [0.1, 0.15) is 252 Å². The smallest absolute Gasteiger partial charge is 0.306 e. The van der Waals surface area contributed by atoms with Gasteiger partial charge in [-0.25, -0.2) is 0 Å². The maximum Gasteiger partial charge on any atom is 0.306 e. The number of nitrogens with one attached hydrogen (secondary N) is 1. The van der Waals surface area contributed by atoms with Gasteiger partial charge in [-0.3, -0.25) is 9.59 Å². The zero-order valence-electron chi connectivity index (χ0n) is 39.1. The molecule has 0 aromatic heterocycles. The third-order valence-electron chi connectivity index (χ3n) is 11.4. The molecule has 1 amide bonds. The van der Waals surface area contributed by atoms with Crippen LogP contribution in [0.4, 0.5) is 0 Å². The molecule has 6 nitrogen and oxygen atoms in total. The van der Waals surface area contributed by atoms with Gasteiger partial charge in [-0.1, -0.05) is 223 Å². The molecule has 0 saturated carbocycles. The molecule has 0 radical (unpaired) electrons. The fourth-order valence-electron chi connectivity index (χ4n) is 7.54. The van der Waals surface area contributed by atoms with Gasteiger partial charge < -0.3 is 20.3 Å². The van der Waals surface area contributed by atoms with Gasteiger partial charge in [0.25, 0.3) is 0 Å². The van der Waals surface area contributed by atoms with Crippen molar-refractivity contribution in [3.8, 4) is 0 Å². The minimum absolute atomic E-state index is 0.0566. The monoisotopic (exact) mass is 828 g/mol. The number of hydrogen-bond donors (Lipinski definition) is 3. The summed E-state index contributed by atoms with van der Waals surface area (Å²) in [4.78, 5) is 26.0. The van der Waals surface area contributed by atoms with E-state index in [1.54, 1.807) is 0 Å². The SMILES string of the molecule is CCCCC/C=C\C/C=C\C/C=C\C/C=C\CCCC(=O)OC(CCCCCCCCC)CC(=O)NC(CO)C(O)CCCCCCCCCCCCCCCCCC. The number of aliphatic hydroxyl groups excluding tert-OH is 2. The Balaban J connectivity index is 4.43. The Morgan fingerprint density at radius 1 is 0.492 bits per heavy atom. The number of rotatable bonds is 45. The first-order valence-corrected chi connectivity index (χ1v) is 25.4. The molecule has 344 valence electrons. The molecule has 0 aliphatic carbocycles. The lowest BCUT2D eigenvalue weighted by atomic mass is 10.0. The highest BCUT2D eigenvalue weighted by Crippen LogP contribution is 2.17. The van der Waals surface area contributed by atoms with Gasteiger partial charge in [-0.2, -0.15) is 0 Å². The minimum atomic E-state index is -0.794. The van der Waals surface area contributed by atoms with Crippen molar-refractivity contribution in [2.45, 2.75) is 270 Å². The Bertz CT molecular complexity index is 1020. The molecule has 0 saturated heterocycles. The molecule has 3 atom stereocenters. The molecule has 0 fully saturated rings. The summed E-state index contributed by atoms with van der Waals surface area (Å²) >= 11 is 0. The van der Waals surface area contributed by atoms with Gasteiger partial charge >= 0.3 is 5.97 Å². The van der Waals surface area contributed by atoms with Crippen molar-refractivity contribution < 1.29 is 24.5 Å². The number of allylic oxidation sites excluding steroid dienone is 8. The largest absolute Gasteiger partial charge is 0.462 e. The topological polar surface area (TPSA) is 95.9 Å². The highest BCUT2D eigenvalue weighted by atomic mass is 16.5. The van der Waals surface area contributed by atoms with Gasteiger partial charge in [0.05, 0.1) is 25.2 Å². The highest BCUT2D eigenvalue weighted by Gasteiger charge is 2.24. The van der Waals surface area contributed by atoms with E-state index in [0.29, 0.717) is 25.7 Å². The third-order valence-corrected chi connectivity index (χ3v) is 11.4. The van der Waals surface area contributed by atoms with Crippen molar-refractivity contribution in [1.82, 2.24) is 5.32 Å². The Morgan fingerprint density at radius 2 is 0.864 bits per heavy atom. The number of carbonyl (C=O) groups excluding carboxylic acids is 2. The summed E-state index contributed by atoms with van der Waals surface area (Å²) in [6.45, 7) is 6.42. The van der Waals surface area contributed by atoms with Gasteiger partial charge in [0.1, 0.15) is 6.10 Å². The number of amides is 1. The molecule has 0 aliphatic heterocycles. The average molecular weight is 828 g/mol. The first-order valence-electron chi connectivity index (χ1n) is 25.4. The molecule has 0 spiro atoms. The van der Waals surface area contributed by atoms with Crippen LogP contribution in [0.2, 0.25) is 0 Å². The van der Waals surface area contributed by atoms with E-state index in [-0.39, 0.29) is 24.9 Å². The lowest BCUT2D eigenvalue weighted by Crippen LogP contribution is -2.46. The van der Waals surface area contributed by atoms with Crippen LogP contribution in [0.15, 0.2) is 48.6 Å². The van der Waals surface area contributed by atoms with E-state index in [4.69, 9.17) is 4.74 Å². The van der Waals surface area contributed by atoms with E-state index >= 15 is 0 Å². The van der Waals surface area contributed by atoms with E-state index in [1.165, 1.54) is 135 Å². The van der Waals surface area contributed by atoms with Crippen LogP contribution in [0.3, 0.4) is 0 Å². The van der Waals surface area contributed by atoms with Crippen molar-refractivity contribution in [3.63, 3.8) is 0 Å². The van der Waals surface area contributed by atoms with Crippen LogP contribution in [0, 0.1) is 0 Å². The molecule has 3 N–H and O–H groups in total. The lowest BCUT2D eigenvalue weighted by molar-refractivity contribution is -0.151. The van der Waals surface area contributed by atoms with Crippen molar-refractivity contribution in [2.75, 3.05) is 6.61 Å². The van der Waals surface area contributed by atoms with E-state index in [2.05, 4.69) is 74.7 Å². The van der Waals surface area contributed by atoms with Crippen molar-refractivity contribution in [3.05, 3.63) is 48.6 Å². The number of esters is 1. The summed E-state index contributed by atoms with van der Waals surface area (Å²) in [5.41, 5.74) is 0. The Labute approximate surface area is 366 Å². The van der Waals surface area contributed by atoms with Crippen LogP contribution in [-0.2, 0) is 14.3 Å². The summed E-state index contributed by atoms with van der Waals surface area (Å²) < 4.78 is 5.86. The Morgan fingerprint density at radius 3 is 1.31 bits per heavy atom. The van der Waals surface area contributed by atoms with Crippen LogP contribution < -0.4 is 5.32 Å². The Hall–Kier alpha value is -2.18. The summed E-state index contributed by atoms with van der Waals surface area (Å²) in [6.07, 6.45) is 56.2. The molecule has 0 aromatic rings. The Kier molecular flexibility index (Phi) is 45.1. The predicted molar refractivity (Wildman–Crippen MR) is 255 cm³/mol. The van der Waals surface area contributed by atoms with E-state index < -0.39 is 18.2 Å². The maximum absolute atomic E-state index is 13.1. The van der Waals surface area contributed by atoms with Gasteiger partial charge in [0, 0.05) is 6.42 Å². The molecule has 0 heterocycles. The molecule has 59 heavy (non-hydrogen) atoms. The zero-order chi connectivity index (χ0) is 43.1. The number of ether oxygens (including phenoxy) is 1. The minimum Gasteiger partial charge on any atom is -0.462 e. The number of hydrogen-bond acceptors (Lipinski definition) is 5. The molecule has 0 aromatic carbocycles. The van der Waals surface area contributed by atoms with Crippen LogP contribution >= 0.6 is 0 Å². The van der Waals surface area contributed by atoms with Gasteiger partial charge in [-0.15, -0.1) is 0 Å². The molecule has 0 bridgehead atoms. The summed E-state index contributed by atoms with van der Waals surface area (Å²) in [6, 6.07) is -0.709. The molecular formula is C53H97NO5. The second kappa shape index (κ2) is 46.9. The lowest BCUT2D eigenvalue weighted by Gasteiger charge is -2.24. The van der Waals surface area contributed by atoms with Crippen LogP contribution in [0.25, 0.3) is 0 Å². The fourth-order valence-corrected chi connectivity index (χ4v) is 7.54. The molecule has 3 unspecified atom stereocenters. The first-order chi connectivity index (χ1) is 29.0. The second-order valence-electron chi connectivity index (χ2n) is 17.2. The highest BCUT2D eigenvalue weighted by molar-refractivity contribution is 5.77. The number of unbranched alkanes of at least 4 members (excludes halogenated alkanes) is 25. The molecule has 6 heteroatoms. The van der Waals surface area contributed by atoms with E-state index in [0.717, 1.165) is 64.2 Å². The van der Waals surface area contributed by atoms with Crippen molar-refractivity contribution in [2.24, 2.45) is 0 Å². The normalized spacial score (nSPS) is 13.6. The van der Waals surface area contributed by atoms with E-state index in [1.807, 2.05) is 0 Å². The summed E-state index contributed by atoms with van der Waals surface area (Å²) in [7, 11) is 0. The van der Waals surface area contributed by atoms with Gasteiger partial charge in [-0.05, 0) is 64.2 Å². The summed E-state index contributed by atoms with van der Waals surface area (Å²) in [5, 5.41) is 23.7. The van der Waals surface area contributed by atoms with Crippen LogP contribution in [0.5, 0.6) is 0 Å². The predicted octanol–water partition coefficient (Wildman–Crippen LogP) is 15.1. The third kappa shape index (κ3) is 42.3. The van der Waals surface area contributed by atoms with Crippen molar-refractivity contribution >= 4 is 11.9 Å². The first kappa shape index (κ1) is 56.8. The van der Waals surface area contributed by atoms with Gasteiger partial charge in [0.2, 0.25) is 5.91 Å². The maximum atomic E-state index is 13.1. The quantitative estimate of drug-likeness (QED) is 0.0323. The molecular weight excluding hydrogens is 731 g/mol. The second-order valence-corrected chi connectivity index (χ2v) is 17.2. The fraction of sp³-hybridized carbons (Fsp3) is 0.811. The van der Waals surface area contributed by atoms with Gasteiger partial charge in [0.15, 0.2) is 0 Å². The molecule has 0 rings (SSSR count). The van der Waals surface area contributed by atoms with Crippen molar-refractivity contribution in [1.29, 1.82) is 0 Å². The van der Waals surface area contributed by atoms with Crippen LogP contribution in [-0.4, -0.2) is 46.9 Å². The standard InChI is InChI=1S/C53H97NO5/c1-4-7-10-13-16-18-20-22-24-26-28-30-32-34-37-40-43-46-53(58)59-49(44-41-38-35-15-12-9-6-3)47-52(57)54-50(48-55)51(56)45-42-39-36-33-31-29-27-25-23-21-19-17-14-11-8-5-2/h16,18,22,24,28,30,34,37,49-51,55-56H,4-15,17,19-21,23,25-27,29,31-33,35-36,38-48H2,1-3H3,(H,54,57)/b18-16-,24-22-,30-28-,37-34-. The number of aliphatic hydroxyl groups is 2.